The van der Waals surface area contributed by atoms with Crippen molar-refractivity contribution < 1.29 is 19.1 Å². The Bertz CT molecular complexity index is 1510. The first-order valence-electron chi connectivity index (χ1n) is 14.5. The molecule has 5 rings (SSSR count). The van der Waals surface area contributed by atoms with Crippen LogP contribution in [-0.4, -0.2) is 72.0 Å². The molecule has 220 valence electrons. The number of hydrogen-bond donors (Lipinski definition) is 1. The molecule has 3 aromatic rings. The summed E-state index contributed by atoms with van der Waals surface area (Å²) in [5.74, 6) is 0.736. The normalized spacial score (nSPS) is 16.1. The summed E-state index contributed by atoms with van der Waals surface area (Å²) in [7, 11) is 1.54. The molecule has 2 aliphatic rings. The Morgan fingerprint density at radius 1 is 0.907 bits per heavy atom. The zero-order valence-corrected chi connectivity index (χ0v) is 24.2. The van der Waals surface area contributed by atoms with Crippen molar-refractivity contribution in [2.24, 2.45) is 0 Å². The molecule has 0 bridgehead atoms. The molecule has 0 saturated carbocycles. The third-order valence-electron chi connectivity index (χ3n) is 7.97. The second-order valence-corrected chi connectivity index (χ2v) is 10.9. The van der Waals surface area contributed by atoms with Gasteiger partial charge < -0.3 is 19.7 Å². The van der Waals surface area contributed by atoms with Crippen LogP contribution in [0.2, 0.25) is 0 Å². The Morgan fingerprint density at radius 2 is 1.60 bits per heavy atom. The fourth-order valence-electron chi connectivity index (χ4n) is 5.47. The second kappa shape index (κ2) is 13.8. The van der Waals surface area contributed by atoms with Gasteiger partial charge in [-0.05, 0) is 54.8 Å². The Kier molecular flexibility index (Phi) is 9.50. The van der Waals surface area contributed by atoms with Crippen LogP contribution in [-0.2, 0) is 6.54 Å². The van der Waals surface area contributed by atoms with Gasteiger partial charge in [-0.1, -0.05) is 12.1 Å². The van der Waals surface area contributed by atoms with E-state index < -0.39 is 0 Å². The molecule has 0 aliphatic carbocycles. The van der Waals surface area contributed by atoms with Gasteiger partial charge in [-0.15, -0.1) is 0 Å². The van der Waals surface area contributed by atoms with Crippen LogP contribution < -0.4 is 14.8 Å². The maximum atomic E-state index is 13.1. The van der Waals surface area contributed by atoms with E-state index in [0.717, 1.165) is 32.5 Å². The monoisotopic (exact) mass is 578 g/mol. The number of piperidine rings is 2. The summed E-state index contributed by atoms with van der Waals surface area (Å²) >= 11 is 0. The fraction of sp³-hybridized carbons (Fsp3) is 0.364. The molecule has 0 unspecified atom stereocenters. The third kappa shape index (κ3) is 7.48. The van der Waals surface area contributed by atoms with E-state index in [9.17, 15) is 9.59 Å². The van der Waals surface area contributed by atoms with Gasteiger partial charge in [0.2, 0.25) is 0 Å². The van der Waals surface area contributed by atoms with Gasteiger partial charge in [0.25, 0.3) is 11.8 Å². The predicted octanol–water partition coefficient (Wildman–Crippen LogP) is 3.91. The molecule has 10 nitrogen and oxygen atoms in total. The van der Waals surface area contributed by atoms with Crippen LogP contribution in [0.15, 0.2) is 60.8 Å². The van der Waals surface area contributed by atoms with Crippen molar-refractivity contribution in [1.82, 2.24) is 20.1 Å². The molecule has 2 fully saturated rings. The smallest absolute Gasteiger partial charge is 0.270 e. The molecule has 2 amide bonds. The van der Waals surface area contributed by atoms with Crippen molar-refractivity contribution >= 4 is 11.8 Å². The molecular formula is C33H34N6O4. The summed E-state index contributed by atoms with van der Waals surface area (Å²) in [5, 5.41) is 21.2. The largest absolute Gasteiger partial charge is 0.493 e. The van der Waals surface area contributed by atoms with E-state index >= 15 is 0 Å². The number of carbonyl (C=O) groups is 2. The molecule has 2 aromatic carbocycles. The minimum absolute atomic E-state index is 0.0700. The summed E-state index contributed by atoms with van der Waals surface area (Å²) in [4.78, 5) is 34.4. The van der Waals surface area contributed by atoms with Crippen LogP contribution in [0.5, 0.6) is 11.5 Å². The van der Waals surface area contributed by atoms with E-state index in [2.05, 4.69) is 27.3 Å². The summed E-state index contributed by atoms with van der Waals surface area (Å²) in [6, 6.07) is 20.3. The third-order valence-corrected chi connectivity index (χ3v) is 7.97. The molecule has 0 spiro atoms. The molecule has 1 aromatic heterocycles. The Labute approximate surface area is 251 Å². The van der Waals surface area contributed by atoms with Gasteiger partial charge in [0, 0.05) is 63.9 Å². The highest BCUT2D eigenvalue weighted by Crippen LogP contribution is 2.30. The fourth-order valence-corrected chi connectivity index (χ4v) is 5.47. The van der Waals surface area contributed by atoms with Gasteiger partial charge in [0.15, 0.2) is 11.5 Å². The number of amides is 2. The quantitative estimate of drug-likeness (QED) is 0.426. The van der Waals surface area contributed by atoms with Gasteiger partial charge in [-0.3, -0.25) is 19.5 Å². The first kappa shape index (κ1) is 29.6. The van der Waals surface area contributed by atoms with E-state index in [1.807, 2.05) is 24.3 Å². The molecule has 10 heteroatoms. The first-order chi connectivity index (χ1) is 20.9. The maximum Gasteiger partial charge on any atom is 0.270 e. The average molecular weight is 579 g/mol. The number of nitriles is 2. The van der Waals surface area contributed by atoms with E-state index in [0.29, 0.717) is 59.8 Å². The predicted molar refractivity (Wildman–Crippen MR) is 158 cm³/mol. The number of benzene rings is 2. The van der Waals surface area contributed by atoms with Crippen molar-refractivity contribution in [3.63, 3.8) is 0 Å². The number of hydrogen-bond acceptors (Lipinski definition) is 8. The van der Waals surface area contributed by atoms with Crippen molar-refractivity contribution in [3.05, 3.63) is 88.7 Å². The van der Waals surface area contributed by atoms with Crippen LogP contribution in [0, 0.1) is 22.7 Å². The first-order valence-corrected chi connectivity index (χ1v) is 14.5. The van der Waals surface area contributed by atoms with Crippen molar-refractivity contribution in [2.45, 2.75) is 44.4 Å². The molecule has 0 atom stereocenters. The number of nitrogens with one attached hydrogen (secondary N) is 1. The van der Waals surface area contributed by atoms with Crippen LogP contribution in [0.25, 0.3) is 0 Å². The molecule has 43 heavy (non-hydrogen) atoms. The summed E-state index contributed by atoms with van der Waals surface area (Å²) in [6.45, 7) is 3.63. The highest BCUT2D eigenvalue weighted by Gasteiger charge is 2.26. The zero-order valence-electron chi connectivity index (χ0n) is 24.2. The molecule has 1 N–H and O–H groups in total. The summed E-state index contributed by atoms with van der Waals surface area (Å²) < 4.78 is 11.5. The van der Waals surface area contributed by atoms with Crippen LogP contribution in [0.1, 0.15) is 63.2 Å². The average Bonchev–Trinajstić information content (AvgIpc) is 3.06. The number of nitrogens with zero attached hydrogens (tertiary/aromatic N) is 5. The molecule has 2 saturated heterocycles. The molecule has 3 heterocycles. The number of ether oxygens (including phenoxy) is 2. The number of rotatable bonds is 8. The summed E-state index contributed by atoms with van der Waals surface area (Å²) in [5.41, 5.74) is 3.06. The van der Waals surface area contributed by atoms with Gasteiger partial charge in [-0.2, -0.15) is 10.5 Å². The van der Waals surface area contributed by atoms with Gasteiger partial charge in [0.1, 0.15) is 11.8 Å². The number of likely N-dealkylation sites (tertiary alicyclic amines) is 2. The number of carbonyl (C=O) groups excluding carboxylic acids is 2. The van der Waals surface area contributed by atoms with Crippen molar-refractivity contribution in [1.29, 1.82) is 10.5 Å². The topological polar surface area (TPSA) is 132 Å². The Morgan fingerprint density at radius 3 is 2.23 bits per heavy atom. The van der Waals surface area contributed by atoms with E-state index in [4.69, 9.17) is 20.0 Å². The highest BCUT2D eigenvalue weighted by atomic mass is 16.5. The Balaban J connectivity index is 1.06. The minimum atomic E-state index is -0.235. The van der Waals surface area contributed by atoms with Gasteiger partial charge in [-0.25, -0.2) is 0 Å². The minimum Gasteiger partial charge on any atom is -0.493 e. The lowest BCUT2D eigenvalue weighted by Gasteiger charge is -2.32. The van der Waals surface area contributed by atoms with Gasteiger partial charge in [0.05, 0.1) is 35.9 Å². The van der Waals surface area contributed by atoms with E-state index in [1.165, 1.54) is 11.8 Å². The van der Waals surface area contributed by atoms with E-state index in [-0.39, 0.29) is 24.0 Å². The lowest BCUT2D eigenvalue weighted by atomic mass is 10.0. The van der Waals surface area contributed by atoms with Crippen LogP contribution in [0.4, 0.5) is 0 Å². The van der Waals surface area contributed by atoms with Crippen LogP contribution in [0.3, 0.4) is 0 Å². The zero-order chi connectivity index (χ0) is 30.2. The second-order valence-electron chi connectivity index (χ2n) is 10.9. The lowest BCUT2D eigenvalue weighted by Crippen LogP contribution is -2.44. The van der Waals surface area contributed by atoms with Gasteiger partial charge >= 0.3 is 0 Å². The molecule has 0 radical (unpaired) electrons. The number of pyridine rings is 1. The SMILES string of the molecule is COc1cc(C#N)ccc1OC1CCN(C(=O)c2ccc(C(=O)NC3CCN(Cc4ccc(C#N)cc4)CC3)nc2)CC1. The standard InChI is InChI=1S/C33H34N6O4/c1-42-31-18-25(20-35)6-9-30(31)43-28-12-16-39(17-13-28)33(41)26-7-8-29(36-21-26)32(40)37-27-10-14-38(15-11-27)22-24-4-2-23(19-34)3-5-24/h2-9,18,21,27-28H,10-17,22H2,1H3,(H,37,40). The van der Waals surface area contributed by atoms with Crippen LogP contribution >= 0.6 is 0 Å². The highest BCUT2D eigenvalue weighted by molar-refractivity contribution is 5.96. The lowest BCUT2D eigenvalue weighted by molar-refractivity contribution is 0.0589. The van der Waals surface area contributed by atoms with Crippen molar-refractivity contribution in [2.75, 3.05) is 33.3 Å². The Hall–Kier alpha value is -4.93. The van der Waals surface area contributed by atoms with E-state index in [1.54, 1.807) is 42.3 Å². The molecular weight excluding hydrogens is 544 g/mol. The number of aromatic nitrogens is 1. The number of methoxy groups -OCH3 is 1. The van der Waals surface area contributed by atoms with Crippen molar-refractivity contribution in [3.8, 4) is 23.6 Å². The maximum absolute atomic E-state index is 13.1. The molecule has 2 aliphatic heterocycles. The summed E-state index contributed by atoms with van der Waals surface area (Å²) in [6.07, 6.45) is 4.41.